The van der Waals surface area contributed by atoms with E-state index in [-0.39, 0.29) is 11.4 Å². The molecule has 0 unspecified atom stereocenters. The van der Waals surface area contributed by atoms with Gasteiger partial charge in [-0.25, -0.2) is 9.18 Å². The Morgan fingerprint density at radius 2 is 1.77 bits per heavy atom. The molecule has 0 fully saturated rings. The van der Waals surface area contributed by atoms with Crippen molar-refractivity contribution in [1.29, 1.82) is 0 Å². The first kappa shape index (κ1) is 21.0. The normalized spacial score (nSPS) is 11.2. The molecule has 158 valence electrons. The Kier molecular flexibility index (Phi) is 5.49. The van der Waals surface area contributed by atoms with E-state index in [1.165, 1.54) is 18.3 Å². The van der Waals surface area contributed by atoms with Crippen LogP contribution in [0.5, 0.6) is 0 Å². The minimum Gasteiger partial charge on any atom is -0.477 e. The molecule has 1 N–H and O–H groups in total. The van der Waals surface area contributed by atoms with Crippen molar-refractivity contribution in [2.75, 3.05) is 0 Å². The molecule has 0 amide bonds. The van der Waals surface area contributed by atoms with Crippen molar-refractivity contribution in [3.63, 3.8) is 0 Å². The number of carboxylic acid groups (broad SMARTS) is 1. The monoisotopic (exact) mass is 483 g/mol. The van der Waals surface area contributed by atoms with Crippen LogP contribution in [-0.4, -0.2) is 25.4 Å². The highest BCUT2D eigenvalue weighted by Gasteiger charge is 2.16. The molecule has 0 aliphatic rings. The molecule has 4 rings (SSSR count). The zero-order valence-corrected chi connectivity index (χ0v) is 18.5. The van der Waals surface area contributed by atoms with Gasteiger partial charge in [-0.2, -0.15) is 5.10 Å². The molecule has 0 radical (unpaired) electrons. The fourth-order valence-corrected chi connectivity index (χ4v) is 3.90. The van der Waals surface area contributed by atoms with E-state index >= 15 is 0 Å². The van der Waals surface area contributed by atoms with Gasteiger partial charge in [-0.1, -0.05) is 18.2 Å². The van der Waals surface area contributed by atoms with Crippen LogP contribution < -0.4 is 5.43 Å². The van der Waals surface area contributed by atoms with Gasteiger partial charge in [-0.3, -0.25) is 9.48 Å². The molecular formula is C23H19BrFN3O3. The summed E-state index contributed by atoms with van der Waals surface area (Å²) in [4.78, 5) is 24.6. The molecule has 6 nitrogen and oxygen atoms in total. The molecule has 8 heteroatoms. The van der Waals surface area contributed by atoms with Crippen LogP contribution in [0.3, 0.4) is 0 Å². The first-order chi connectivity index (χ1) is 14.7. The van der Waals surface area contributed by atoms with Gasteiger partial charge >= 0.3 is 5.97 Å². The van der Waals surface area contributed by atoms with Crippen LogP contribution in [0.4, 0.5) is 4.39 Å². The summed E-state index contributed by atoms with van der Waals surface area (Å²) < 4.78 is 17.7. The Hall–Kier alpha value is -3.26. The molecule has 0 aliphatic carbocycles. The Morgan fingerprint density at radius 3 is 2.39 bits per heavy atom. The lowest BCUT2D eigenvalue weighted by molar-refractivity contribution is 0.0695. The lowest BCUT2D eigenvalue weighted by Gasteiger charge is -2.14. The van der Waals surface area contributed by atoms with E-state index in [4.69, 9.17) is 0 Å². The minimum atomic E-state index is -1.28. The third-order valence-electron chi connectivity index (χ3n) is 5.27. The van der Waals surface area contributed by atoms with Gasteiger partial charge in [0, 0.05) is 18.1 Å². The smallest absolute Gasteiger partial charge is 0.341 e. The SMILES string of the molecule is Cc1nn(Cc2ccc3c(c2)c(=O)c(C(=O)O)cn3Cc2ccc(F)cc2)c(C)c1Br. The predicted octanol–water partition coefficient (Wildman–Crippen LogP) is 4.51. The van der Waals surface area contributed by atoms with Crippen molar-refractivity contribution in [3.05, 3.63) is 97.3 Å². The van der Waals surface area contributed by atoms with Gasteiger partial charge < -0.3 is 9.67 Å². The predicted molar refractivity (Wildman–Crippen MR) is 119 cm³/mol. The lowest BCUT2D eigenvalue weighted by atomic mass is 10.1. The van der Waals surface area contributed by atoms with Gasteiger partial charge in [0.2, 0.25) is 5.43 Å². The highest BCUT2D eigenvalue weighted by atomic mass is 79.9. The van der Waals surface area contributed by atoms with E-state index in [1.54, 1.807) is 22.8 Å². The number of benzene rings is 2. The van der Waals surface area contributed by atoms with Gasteiger partial charge in [-0.05, 0) is 65.2 Å². The first-order valence-electron chi connectivity index (χ1n) is 9.58. The summed E-state index contributed by atoms with van der Waals surface area (Å²) in [6.07, 6.45) is 1.34. The molecule has 0 aliphatic heterocycles. The third-order valence-corrected chi connectivity index (χ3v) is 6.41. The van der Waals surface area contributed by atoms with E-state index < -0.39 is 11.4 Å². The van der Waals surface area contributed by atoms with E-state index in [9.17, 15) is 19.1 Å². The standard InChI is InChI=1S/C23H19BrFN3O3/c1-13-21(24)14(2)28(26-13)11-16-5-8-20-18(9-16)22(29)19(23(30)31)12-27(20)10-15-3-6-17(25)7-4-15/h3-9,12H,10-11H2,1-2H3,(H,30,31). The quantitative estimate of drug-likeness (QED) is 0.452. The number of hydrogen-bond donors (Lipinski definition) is 1. The number of fused-ring (bicyclic) bond motifs is 1. The minimum absolute atomic E-state index is 0.305. The Bertz CT molecular complexity index is 1370. The fraction of sp³-hybridized carbons (Fsp3) is 0.174. The van der Waals surface area contributed by atoms with Gasteiger partial charge in [0.15, 0.2) is 0 Å². The number of carboxylic acids is 1. The van der Waals surface area contributed by atoms with E-state index in [1.807, 2.05) is 30.7 Å². The zero-order valence-electron chi connectivity index (χ0n) is 16.9. The topological polar surface area (TPSA) is 77.1 Å². The summed E-state index contributed by atoms with van der Waals surface area (Å²) in [6, 6.07) is 11.4. The third kappa shape index (κ3) is 4.03. The molecule has 31 heavy (non-hydrogen) atoms. The average molecular weight is 484 g/mol. The average Bonchev–Trinajstić information content (AvgIpc) is 2.98. The molecule has 0 saturated carbocycles. The van der Waals surface area contributed by atoms with Crippen molar-refractivity contribution < 1.29 is 14.3 Å². The maximum absolute atomic E-state index is 13.2. The molecule has 0 spiro atoms. The molecule has 0 atom stereocenters. The summed E-state index contributed by atoms with van der Waals surface area (Å²) in [5, 5.41) is 14.4. The highest BCUT2D eigenvalue weighted by Crippen LogP contribution is 2.22. The Morgan fingerprint density at radius 1 is 1.10 bits per heavy atom. The van der Waals surface area contributed by atoms with Crippen LogP contribution in [0.1, 0.15) is 32.9 Å². The number of aryl methyl sites for hydroxylation is 1. The molecular weight excluding hydrogens is 465 g/mol. The Balaban J connectivity index is 1.82. The van der Waals surface area contributed by atoms with E-state index in [2.05, 4.69) is 21.0 Å². The number of pyridine rings is 1. The van der Waals surface area contributed by atoms with E-state index in [0.29, 0.717) is 24.0 Å². The maximum atomic E-state index is 13.2. The zero-order chi connectivity index (χ0) is 22.3. The van der Waals surface area contributed by atoms with Gasteiger partial charge in [0.1, 0.15) is 11.4 Å². The van der Waals surface area contributed by atoms with Crippen LogP contribution in [-0.2, 0) is 13.1 Å². The van der Waals surface area contributed by atoms with E-state index in [0.717, 1.165) is 27.0 Å². The summed E-state index contributed by atoms with van der Waals surface area (Å²) in [5.74, 6) is -1.63. The second-order valence-electron chi connectivity index (χ2n) is 7.43. The van der Waals surface area contributed by atoms with Gasteiger partial charge in [0.25, 0.3) is 0 Å². The molecule has 0 saturated heterocycles. The molecule has 2 heterocycles. The van der Waals surface area contributed by atoms with Crippen molar-refractivity contribution in [1.82, 2.24) is 14.3 Å². The molecule has 0 bridgehead atoms. The van der Waals surface area contributed by atoms with Crippen LogP contribution in [0, 0.1) is 19.7 Å². The van der Waals surface area contributed by atoms with Gasteiger partial charge in [-0.15, -0.1) is 0 Å². The molecule has 4 aromatic rings. The number of rotatable bonds is 5. The number of hydrogen-bond acceptors (Lipinski definition) is 3. The number of aromatic carboxylic acids is 1. The highest BCUT2D eigenvalue weighted by molar-refractivity contribution is 9.10. The second kappa shape index (κ2) is 8.11. The van der Waals surface area contributed by atoms with Crippen molar-refractivity contribution >= 4 is 32.8 Å². The van der Waals surface area contributed by atoms with Crippen molar-refractivity contribution in [2.24, 2.45) is 0 Å². The summed E-state index contributed by atoms with van der Waals surface area (Å²) in [6.45, 7) is 4.61. The van der Waals surface area contributed by atoms with Crippen LogP contribution >= 0.6 is 15.9 Å². The van der Waals surface area contributed by atoms with Crippen molar-refractivity contribution in [2.45, 2.75) is 26.9 Å². The first-order valence-corrected chi connectivity index (χ1v) is 10.4. The summed E-state index contributed by atoms with van der Waals surface area (Å²) in [7, 11) is 0. The number of carbonyl (C=O) groups is 1. The lowest BCUT2D eigenvalue weighted by Crippen LogP contribution is -2.19. The van der Waals surface area contributed by atoms with Crippen LogP contribution in [0.15, 0.2) is 57.9 Å². The Labute approximate surface area is 185 Å². The largest absolute Gasteiger partial charge is 0.477 e. The van der Waals surface area contributed by atoms with Gasteiger partial charge in [0.05, 0.1) is 27.9 Å². The van der Waals surface area contributed by atoms with Crippen LogP contribution in [0.2, 0.25) is 0 Å². The van der Waals surface area contributed by atoms with Crippen molar-refractivity contribution in [3.8, 4) is 0 Å². The number of halogens is 2. The summed E-state index contributed by atoms with van der Waals surface area (Å²) in [5.41, 5.74) is 3.23. The molecule has 2 aromatic heterocycles. The fourth-order valence-electron chi connectivity index (χ4n) is 3.61. The van der Waals surface area contributed by atoms with Crippen LogP contribution in [0.25, 0.3) is 10.9 Å². The summed E-state index contributed by atoms with van der Waals surface area (Å²) >= 11 is 3.51. The molecule has 2 aromatic carbocycles. The maximum Gasteiger partial charge on any atom is 0.341 e. The number of aromatic nitrogens is 3. The second-order valence-corrected chi connectivity index (χ2v) is 8.22. The number of nitrogens with zero attached hydrogens (tertiary/aromatic N) is 3.